The predicted molar refractivity (Wildman–Crippen MR) is 62.5 cm³/mol. The predicted octanol–water partition coefficient (Wildman–Crippen LogP) is 1.58. The monoisotopic (exact) mass is 231 g/mol. The van der Waals surface area contributed by atoms with Crippen LogP contribution in [0.5, 0.6) is 0 Å². The fraction of sp³-hybridized carbons (Fsp3) is 0.250. The van der Waals surface area contributed by atoms with Crippen molar-refractivity contribution in [3.8, 4) is 11.1 Å². The molecule has 5 nitrogen and oxygen atoms in total. The summed E-state index contributed by atoms with van der Waals surface area (Å²) in [5, 5.41) is 4.11. The first kappa shape index (κ1) is 11.3. The van der Waals surface area contributed by atoms with Gasteiger partial charge in [0.1, 0.15) is 5.69 Å². The molecule has 0 saturated carbocycles. The number of rotatable bonds is 2. The molecular weight excluding hydrogens is 218 g/mol. The normalized spacial score (nSPS) is 10.3. The lowest BCUT2D eigenvalue weighted by atomic mass is 10.1. The number of carbonyl (C=O) groups is 1. The summed E-state index contributed by atoms with van der Waals surface area (Å²) in [7, 11) is 3.19. The third kappa shape index (κ3) is 2.18. The molecule has 0 aliphatic heterocycles. The number of aromatic nitrogens is 3. The molecule has 0 fully saturated rings. The molecule has 0 aliphatic rings. The van der Waals surface area contributed by atoms with Crippen LogP contribution >= 0.6 is 0 Å². The zero-order chi connectivity index (χ0) is 12.4. The Hall–Kier alpha value is -2.17. The van der Waals surface area contributed by atoms with Crippen molar-refractivity contribution in [2.75, 3.05) is 7.11 Å². The maximum Gasteiger partial charge on any atom is 0.356 e. The minimum atomic E-state index is -0.435. The van der Waals surface area contributed by atoms with Gasteiger partial charge in [-0.2, -0.15) is 5.10 Å². The fourth-order valence-corrected chi connectivity index (χ4v) is 1.61. The number of esters is 1. The number of aryl methyl sites for hydroxylation is 2. The van der Waals surface area contributed by atoms with E-state index >= 15 is 0 Å². The van der Waals surface area contributed by atoms with Crippen LogP contribution in [0.2, 0.25) is 0 Å². The summed E-state index contributed by atoms with van der Waals surface area (Å²) in [5.74, 6) is -0.435. The topological polar surface area (TPSA) is 57.0 Å². The lowest BCUT2D eigenvalue weighted by Crippen LogP contribution is -2.04. The van der Waals surface area contributed by atoms with E-state index in [1.54, 1.807) is 23.1 Å². The van der Waals surface area contributed by atoms with Gasteiger partial charge in [-0.3, -0.25) is 4.68 Å². The van der Waals surface area contributed by atoms with Crippen molar-refractivity contribution in [2.24, 2.45) is 7.05 Å². The standard InChI is InChI=1S/C12H13N3O2/c1-8-5-13-11(12(16)17-3)4-10(8)9-6-14-15(2)7-9/h4-7H,1-3H3. The van der Waals surface area contributed by atoms with E-state index in [2.05, 4.69) is 14.8 Å². The summed E-state index contributed by atoms with van der Waals surface area (Å²) in [5.41, 5.74) is 3.19. The molecule has 0 aliphatic carbocycles. The van der Waals surface area contributed by atoms with E-state index in [0.29, 0.717) is 5.69 Å². The minimum Gasteiger partial charge on any atom is -0.464 e. The molecule has 0 amide bonds. The highest BCUT2D eigenvalue weighted by atomic mass is 16.5. The van der Waals surface area contributed by atoms with Crippen LogP contribution in [0, 0.1) is 6.92 Å². The molecule has 0 bridgehead atoms. The van der Waals surface area contributed by atoms with Crippen LogP contribution in [0.3, 0.4) is 0 Å². The summed E-state index contributed by atoms with van der Waals surface area (Å²) in [4.78, 5) is 15.4. The SMILES string of the molecule is COC(=O)c1cc(-c2cnn(C)c2)c(C)cn1. The van der Waals surface area contributed by atoms with Crippen molar-refractivity contribution >= 4 is 5.97 Å². The van der Waals surface area contributed by atoms with E-state index in [1.807, 2.05) is 20.2 Å². The highest BCUT2D eigenvalue weighted by Crippen LogP contribution is 2.22. The Morgan fingerprint density at radius 2 is 2.18 bits per heavy atom. The largest absolute Gasteiger partial charge is 0.464 e. The molecule has 2 aromatic heterocycles. The van der Waals surface area contributed by atoms with E-state index < -0.39 is 5.97 Å². The van der Waals surface area contributed by atoms with E-state index in [9.17, 15) is 4.79 Å². The zero-order valence-electron chi connectivity index (χ0n) is 9.97. The molecule has 0 radical (unpaired) electrons. The Kier molecular flexibility index (Phi) is 2.91. The van der Waals surface area contributed by atoms with Gasteiger partial charge in [0.05, 0.1) is 13.3 Å². The maximum absolute atomic E-state index is 11.4. The number of pyridine rings is 1. The van der Waals surface area contributed by atoms with Gasteiger partial charge >= 0.3 is 5.97 Å². The molecule has 5 heteroatoms. The van der Waals surface area contributed by atoms with Crippen LogP contribution in [-0.2, 0) is 11.8 Å². The van der Waals surface area contributed by atoms with Crippen LogP contribution in [0.25, 0.3) is 11.1 Å². The smallest absolute Gasteiger partial charge is 0.356 e. The number of hydrogen-bond acceptors (Lipinski definition) is 4. The Balaban J connectivity index is 2.49. The average Bonchev–Trinajstić information content (AvgIpc) is 2.75. The number of carbonyl (C=O) groups excluding carboxylic acids is 1. The van der Waals surface area contributed by atoms with Crippen molar-refractivity contribution < 1.29 is 9.53 Å². The molecule has 0 aromatic carbocycles. The number of ether oxygens (including phenoxy) is 1. The molecular formula is C12H13N3O2. The molecule has 0 spiro atoms. The van der Waals surface area contributed by atoms with Crippen molar-refractivity contribution in [1.82, 2.24) is 14.8 Å². The summed E-state index contributed by atoms with van der Waals surface area (Å²) < 4.78 is 6.37. The first-order valence-corrected chi connectivity index (χ1v) is 5.16. The lowest BCUT2D eigenvalue weighted by molar-refractivity contribution is 0.0594. The molecule has 0 unspecified atom stereocenters. The molecule has 0 atom stereocenters. The van der Waals surface area contributed by atoms with Crippen molar-refractivity contribution in [3.63, 3.8) is 0 Å². The fourth-order valence-electron chi connectivity index (χ4n) is 1.61. The minimum absolute atomic E-state index is 0.303. The number of methoxy groups -OCH3 is 1. The third-order valence-electron chi connectivity index (χ3n) is 2.51. The second kappa shape index (κ2) is 4.37. The van der Waals surface area contributed by atoms with E-state index in [1.165, 1.54) is 7.11 Å². The molecule has 0 saturated heterocycles. The van der Waals surface area contributed by atoms with E-state index in [0.717, 1.165) is 16.7 Å². The zero-order valence-corrected chi connectivity index (χ0v) is 9.97. The lowest BCUT2D eigenvalue weighted by Gasteiger charge is -2.05. The van der Waals surface area contributed by atoms with Gasteiger partial charge in [0.25, 0.3) is 0 Å². The van der Waals surface area contributed by atoms with E-state index in [4.69, 9.17) is 0 Å². The molecule has 0 N–H and O–H groups in total. The number of nitrogens with zero attached hydrogens (tertiary/aromatic N) is 3. The van der Waals surface area contributed by atoms with Crippen LogP contribution in [0.1, 0.15) is 16.1 Å². The highest BCUT2D eigenvalue weighted by molar-refractivity contribution is 5.89. The van der Waals surface area contributed by atoms with Gasteiger partial charge in [0, 0.05) is 25.0 Å². The first-order valence-electron chi connectivity index (χ1n) is 5.16. The quantitative estimate of drug-likeness (QED) is 0.736. The number of hydrogen-bond donors (Lipinski definition) is 0. The third-order valence-corrected chi connectivity index (χ3v) is 2.51. The summed E-state index contributed by atoms with van der Waals surface area (Å²) in [6.07, 6.45) is 5.31. The van der Waals surface area contributed by atoms with Crippen molar-refractivity contribution in [1.29, 1.82) is 0 Å². The summed E-state index contributed by atoms with van der Waals surface area (Å²) in [6.45, 7) is 1.94. The van der Waals surface area contributed by atoms with Gasteiger partial charge in [0.2, 0.25) is 0 Å². The van der Waals surface area contributed by atoms with Crippen LogP contribution in [-0.4, -0.2) is 27.8 Å². The molecule has 17 heavy (non-hydrogen) atoms. The molecule has 2 rings (SSSR count). The van der Waals surface area contributed by atoms with Crippen LogP contribution < -0.4 is 0 Å². The van der Waals surface area contributed by atoms with Gasteiger partial charge in [-0.25, -0.2) is 9.78 Å². The average molecular weight is 231 g/mol. The summed E-state index contributed by atoms with van der Waals surface area (Å²) >= 11 is 0. The van der Waals surface area contributed by atoms with Crippen LogP contribution in [0.15, 0.2) is 24.7 Å². The Labute approximate surface area is 99.1 Å². The van der Waals surface area contributed by atoms with Crippen molar-refractivity contribution in [3.05, 3.63) is 35.9 Å². The molecule has 88 valence electrons. The highest BCUT2D eigenvalue weighted by Gasteiger charge is 2.11. The Morgan fingerprint density at radius 1 is 1.41 bits per heavy atom. The second-order valence-electron chi connectivity index (χ2n) is 3.78. The summed E-state index contributed by atoms with van der Waals surface area (Å²) in [6, 6.07) is 1.72. The second-order valence-corrected chi connectivity index (χ2v) is 3.78. The van der Waals surface area contributed by atoms with Gasteiger partial charge in [-0.15, -0.1) is 0 Å². The van der Waals surface area contributed by atoms with Gasteiger partial charge in [-0.05, 0) is 24.1 Å². The van der Waals surface area contributed by atoms with Gasteiger partial charge in [-0.1, -0.05) is 0 Å². The van der Waals surface area contributed by atoms with E-state index in [-0.39, 0.29) is 0 Å². The van der Waals surface area contributed by atoms with Crippen LogP contribution in [0.4, 0.5) is 0 Å². The first-order chi connectivity index (χ1) is 8.11. The molecule has 2 heterocycles. The van der Waals surface area contributed by atoms with Crippen molar-refractivity contribution in [2.45, 2.75) is 6.92 Å². The Morgan fingerprint density at radius 3 is 2.76 bits per heavy atom. The van der Waals surface area contributed by atoms with Gasteiger partial charge in [0.15, 0.2) is 0 Å². The Bertz CT molecular complexity index is 561. The maximum atomic E-state index is 11.4. The van der Waals surface area contributed by atoms with Gasteiger partial charge < -0.3 is 4.74 Å². The molecule has 2 aromatic rings.